The number of ether oxygens (including phenoxy) is 6. The summed E-state index contributed by atoms with van der Waals surface area (Å²) in [6.45, 7) is 9.01. The molecule has 0 rings (SSSR count). The van der Waals surface area contributed by atoms with Crippen LogP contribution < -0.4 is 0 Å². The van der Waals surface area contributed by atoms with E-state index in [0.717, 1.165) is 0 Å². The summed E-state index contributed by atoms with van der Waals surface area (Å²) < 4.78 is 32.4. The van der Waals surface area contributed by atoms with Crippen LogP contribution in [0.3, 0.4) is 0 Å². The van der Waals surface area contributed by atoms with Crippen molar-refractivity contribution in [1.29, 1.82) is 0 Å². The Labute approximate surface area is 213 Å². The first kappa shape index (κ1) is 33.3. The third-order valence-electron chi connectivity index (χ3n) is 5.08. The van der Waals surface area contributed by atoms with Gasteiger partial charge in [0.05, 0.1) is 24.0 Å². The monoisotopic (exact) mass is 518 g/mol. The van der Waals surface area contributed by atoms with Crippen LogP contribution in [0.2, 0.25) is 0 Å². The number of carbonyl (C=O) groups is 5. The van der Waals surface area contributed by atoms with E-state index >= 15 is 0 Å². The summed E-state index contributed by atoms with van der Waals surface area (Å²) in [5.74, 6) is -2.27. The average molecular weight is 519 g/mol. The highest BCUT2D eigenvalue weighted by Gasteiger charge is 2.38. The first-order chi connectivity index (χ1) is 17.0. The second-order valence-corrected chi connectivity index (χ2v) is 8.87. The fraction of sp³-hybridized carbons (Fsp3) is 0.800. The third kappa shape index (κ3) is 14.0. The fourth-order valence-corrected chi connectivity index (χ4v) is 2.61. The molecule has 11 nitrogen and oxygen atoms in total. The molecule has 0 unspecified atom stereocenters. The first-order valence-electron chi connectivity index (χ1n) is 12.3. The van der Waals surface area contributed by atoms with Gasteiger partial charge in [-0.15, -0.1) is 0 Å². The van der Waals surface area contributed by atoms with E-state index in [9.17, 15) is 24.0 Å². The Morgan fingerprint density at radius 1 is 0.444 bits per heavy atom. The van der Waals surface area contributed by atoms with Crippen molar-refractivity contribution in [3.63, 3.8) is 0 Å². The molecule has 0 aliphatic rings. The van der Waals surface area contributed by atoms with Crippen molar-refractivity contribution in [2.75, 3.05) is 46.2 Å². The van der Waals surface area contributed by atoms with Crippen LogP contribution in [0.1, 0.15) is 73.6 Å². The molecule has 0 aromatic rings. The Morgan fingerprint density at radius 3 is 1.00 bits per heavy atom. The van der Waals surface area contributed by atoms with Gasteiger partial charge < -0.3 is 28.4 Å². The number of hydrogen-bond acceptors (Lipinski definition) is 11. The fourth-order valence-electron chi connectivity index (χ4n) is 2.61. The SMILES string of the molecule is CCC(=O)OCC(C)(COCC(COC(=O)CC)(COC(=O)CC)COC(=O)CC)COC(=O)CC. The topological polar surface area (TPSA) is 141 Å². The van der Waals surface area contributed by atoms with E-state index in [1.807, 2.05) is 0 Å². The molecule has 208 valence electrons. The van der Waals surface area contributed by atoms with Crippen molar-refractivity contribution in [2.24, 2.45) is 10.8 Å². The first-order valence-corrected chi connectivity index (χ1v) is 12.3. The minimum absolute atomic E-state index is 0.0199. The largest absolute Gasteiger partial charge is 0.465 e. The van der Waals surface area contributed by atoms with Gasteiger partial charge in [0.1, 0.15) is 33.0 Å². The predicted octanol–water partition coefficient (Wildman–Crippen LogP) is 2.76. The van der Waals surface area contributed by atoms with Crippen LogP contribution in [-0.4, -0.2) is 76.1 Å². The lowest BCUT2D eigenvalue weighted by Crippen LogP contribution is -2.45. The smallest absolute Gasteiger partial charge is 0.305 e. The van der Waals surface area contributed by atoms with Crippen LogP contribution in [0.4, 0.5) is 0 Å². The molecule has 0 saturated heterocycles. The zero-order valence-electron chi connectivity index (χ0n) is 22.5. The number of carbonyl (C=O) groups excluding carboxylic acids is 5. The van der Waals surface area contributed by atoms with Crippen molar-refractivity contribution in [1.82, 2.24) is 0 Å². The highest BCUT2D eigenvalue weighted by atomic mass is 16.6. The van der Waals surface area contributed by atoms with Gasteiger partial charge in [0, 0.05) is 32.1 Å². The van der Waals surface area contributed by atoms with Crippen LogP contribution >= 0.6 is 0 Å². The number of esters is 5. The minimum atomic E-state index is -1.18. The zero-order valence-corrected chi connectivity index (χ0v) is 22.5. The minimum Gasteiger partial charge on any atom is -0.465 e. The van der Waals surface area contributed by atoms with Crippen molar-refractivity contribution in [3.8, 4) is 0 Å². The van der Waals surface area contributed by atoms with Gasteiger partial charge in [0.15, 0.2) is 0 Å². The molecular formula is C25H42O11. The molecule has 0 saturated carbocycles. The normalized spacial score (nSPS) is 11.4. The molecule has 36 heavy (non-hydrogen) atoms. The molecule has 0 aliphatic carbocycles. The summed E-state index contributed by atoms with van der Waals surface area (Å²) in [4.78, 5) is 59.0. The number of rotatable bonds is 19. The van der Waals surface area contributed by atoms with E-state index in [-0.39, 0.29) is 78.4 Å². The second-order valence-electron chi connectivity index (χ2n) is 8.87. The van der Waals surface area contributed by atoms with Crippen LogP contribution in [0.15, 0.2) is 0 Å². The Hall–Kier alpha value is -2.69. The highest BCUT2D eigenvalue weighted by molar-refractivity contribution is 5.70. The lowest BCUT2D eigenvalue weighted by atomic mass is 9.91. The quantitative estimate of drug-likeness (QED) is 0.184. The average Bonchev–Trinajstić information content (AvgIpc) is 2.89. The molecule has 0 fully saturated rings. The van der Waals surface area contributed by atoms with E-state index in [4.69, 9.17) is 28.4 Å². The Balaban J connectivity index is 5.68. The zero-order chi connectivity index (χ0) is 27.6. The van der Waals surface area contributed by atoms with Crippen molar-refractivity contribution >= 4 is 29.8 Å². The lowest BCUT2D eigenvalue weighted by molar-refractivity contribution is -0.170. The standard InChI is InChI=1S/C25H42O11/c1-7-19(26)32-13-24(6,14-33-20(27)8-2)12-31-15-25(16-34-21(28)9-3,17-35-22(29)10-4)18-36-23(30)11-5/h7-18H2,1-6H3. The maximum Gasteiger partial charge on any atom is 0.305 e. The molecule has 0 aromatic carbocycles. The maximum absolute atomic E-state index is 11.9. The van der Waals surface area contributed by atoms with Gasteiger partial charge in [-0.3, -0.25) is 24.0 Å². The molecular weight excluding hydrogens is 476 g/mol. The molecule has 11 heteroatoms. The van der Waals surface area contributed by atoms with Gasteiger partial charge in [-0.1, -0.05) is 41.5 Å². The van der Waals surface area contributed by atoms with Crippen molar-refractivity contribution < 1.29 is 52.4 Å². The summed E-state index contributed by atoms with van der Waals surface area (Å²) in [6, 6.07) is 0. The number of hydrogen-bond donors (Lipinski definition) is 0. The van der Waals surface area contributed by atoms with Gasteiger partial charge in [0.2, 0.25) is 0 Å². The van der Waals surface area contributed by atoms with Gasteiger partial charge in [-0.2, -0.15) is 0 Å². The Kier molecular flexibility index (Phi) is 16.4. The van der Waals surface area contributed by atoms with E-state index in [2.05, 4.69) is 0 Å². The van der Waals surface area contributed by atoms with Gasteiger partial charge in [-0.05, 0) is 0 Å². The van der Waals surface area contributed by atoms with Crippen LogP contribution in [0.5, 0.6) is 0 Å². The molecule has 0 N–H and O–H groups in total. The van der Waals surface area contributed by atoms with Crippen molar-refractivity contribution in [2.45, 2.75) is 73.6 Å². The van der Waals surface area contributed by atoms with Gasteiger partial charge >= 0.3 is 29.8 Å². The summed E-state index contributed by atoms with van der Waals surface area (Å²) in [6.07, 6.45) is 0.755. The van der Waals surface area contributed by atoms with Gasteiger partial charge in [0.25, 0.3) is 0 Å². The summed E-state index contributed by atoms with van der Waals surface area (Å²) in [5, 5.41) is 0. The molecule has 0 aliphatic heterocycles. The summed E-state index contributed by atoms with van der Waals surface area (Å²) >= 11 is 0. The second kappa shape index (κ2) is 17.7. The molecule has 0 heterocycles. The van der Waals surface area contributed by atoms with Crippen LogP contribution in [0, 0.1) is 10.8 Å². The predicted molar refractivity (Wildman–Crippen MR) is 128 cm³/mol. The maximum atomic E-state index is 11.9. The molecule has 0 radical (unpaired) electrons. The van der Waals surface area contributed by atoms with Crippen LogP contribution in [-0.2, 0) is 52.4 Å². The summed E-state index contributed by atoms with van der Waals surface area (Å²) in [7, 11) is 0. The molecule has 0 atom stereocenters. The lowest BCUT2D eigenvalue weighted by Gasteiger charge is -2.34. The Morgan fingerprint density at radius 2 is 0.722 bits per heavy atom. The molecule has 0 aromatic heterocycles. The van der Waals surface area contributed by atoms with E-state index in [0.29, 0.717) is 0 Å². The van der Waals surface area contributed by atoms with E-state index in [1.165, 1.54) is 0 Å². The molecule has 0 spiro atoms. The molecule has 0 bridgehead atoms. The van der Waals surface area contributed by atoms with Crippen molar-refractivity contribution in [3.05, 3.63) is 0 Å². The van der Waals surface area contributed by atoms with E-state index in [1.54, 1.807) is 41.5 Å². The third-order valence-corrected chi connectivity index (χ3v) is 5.08. The molecule has 0 amide bonds. The highest BCUT2D eigenvalue weighted by Crippen LogP contribution is 2.25. The van der Waals surface area contributed by atoms with Gasteiger partial charge in [-0.25, -0.2) is 0 Å². The summed E-state index contributed by atoms with van der Waals surface area (Å²) in [5.41, 5.74) is -2.07. The van der Waals surface area contributed by atoms with Crippen LogP contribution in [0.25, 0.3) is 0 Å². The van der Waals surface area contributed by atoms with E-state index < -0.39 is 40.7 Å². The Bertz CT molecular complexity index is 646.